The van der Waals surface area contributed by atoms with E-state index in [-0.39, 0.29) is 12.3 Å². The molecule has 0 amide bonds. The summed E-state index contributed by atoms with van der Waals surface area (Å²) in [7, 11) is 0. The van der Waals surface area contributed by atoms with E-state index in [9.17, 15) is 14.9 Å². The highest BCUT2D eigenvalue weighted by Crippen LogP contribution is 2.32. The number of carbonyl (C=O) groups is 1. The van der Waals surface area contributed by atoms with Crippen LogP contribution in [0.5, 0.6) is 0 Å². The maximum atomic E-state index is 12.4. The lowest BCUT2D eigenvalue weighted by atomic mass is 10.0. The summed E-state index contributed by atoms with van der Waals surface area (Å²) < 4.78 is 5.19. The number of hydrogen-bond donors (Lipinski definition) is 1. The number of H-pyrrole nitrogens is 1. The number of aromatic amines is 1. The molecule has 0 bridgehead atoms. The summed E-state index contributed by atoms with van der Waals surface area (Å²) in [5, 5.41) is 11.6. The number of fused-ring (bicyclic) bond motifs is 1. The molecule has 0 saturated carbocycles. The number of nitro benzene ring substituents is 1. The number of benzene rings is 2. The number of esters is 1. The van der Waals surface area contributed by atoms with Gasteiger partial charge in [-0.05, 0) is 43.7 Å². The number of nitrogens with one attached hydrogen (secondary N) is 1. The van der Waals surface area contributed by atoms with E-state index in [1.807, 2.05) is 25.1 Å². The summed E-state index contributed by atoms with van der Waals surface area (Å²) in [4.78, 5) is 26.0. The zero-order chi connectivity index (χ0) is 17.3. The van der Waals surface area contributed by atoms with Gasteiger partial charge in [0.05, 0.1) is 22.8 Å². The Morgan fingerprint density at radius 2 is 1.92 bits per heavy atom. The van der Waals surface area contributed by atoms with Crippen LogP contribution in [-0.4, -0.2) is 22.5 Å². The van der Waals surface area contributed by atoms with Gasteiger partial charge in [0.1, 0.15) is 0 Å². The molecule has 0 aliphatic heterocycles. The van der Waals surface area contributed by atoms with E-state index in [1.54, 1.807) is 19.1 Å². The van der Waals surface area contributed by atoms with E-state index in [4.69, 9.17) is 4.74 Å². The molecule has 3 aromatic rings. The number of non-ortho nitro benzene ring substituents is 1. The van der Waals surface area contributed by atoms with Gasteiger partial charge in [0.15, 0.2) is 0 Å². The number of aromatic nitrogens is 1. The first kappa shape index (κ1) is 15.7. The van der Waals surface area contributed by atoms with Crippen molar-refractivity contribution in [3.8, 4) is 11.3 Å². The molecule has 0 aliphatic rings. The minimum atomic E-state index is -0.454. The monoisotopic (exact) mass is 324 g/mol. The average molecular weight is 324 g/mol. The van der Waals surface area contributed by atoms with Gasteiger partial charge in [0, 0.05) is 23.0 Å². The highest BCUT2D eigenvalue weighted by Gasteiger charge is 2.21. The molecule has 1 aromatic heterocycles. The smallest absolute Gasteiger partial charge is 0.340 e. The molecule has 24 heavy (non-hydrogen) atoms. The second kappa shape index (κ2) is 6.16. The minimum absolute atomic E-state index is 0.00314. The van der Waals surface area contributed by atoms with Crippen LogP contribution in [0.3, 0.4) is 0 Å². The Morgan fingerprint density at radius 3 is 2.54 bits per heavy atom. The van der Waals surface area contributed by atoms with Crippen molar-refractivity contribution in [2.75, 3.05) is 6.61 Å². The first-order valence-electron chi connectivity index (χ1n) is 7.55. The lowest BCUT2D eigenvalue weighted by Gasteiger charge is -2.05. The van der Waals surface area contributed by atoms with Gasteiger partial charge in [-0.1, -0.05) is 11.6 Å². The lowest BCUT2D eigenvalue weighted by molar-refractivity contribution is -0.384. The highest BCUT2D eigenvalue weighted by atomic mass is 16.6. The third-order valence-electron chi connectivity index (χ3n) is 3.80. The van der Waals surface area contributed by atoms with Gasteiger partial charge in [-0.15, -0.1) is 0 Å². The van der Waals surface area contributed by atoms with Crippen LogP contribution in [0.1, 0.15) is 22.8 Å². The number of carbonyl (C=O) groups excluding carboxylic acids is 1. The predicted molar refractivity (Wildman–Crippen MR) is 91.1 cm³/mol. The average Bonchev–Trinajstić information content (AvgIpc) is 2.93. The van der Waals surface area contributed by atoms with Crippen LogP contribution in [0.25, 0.3) is 22.2 Å². The number of aryl methyl sites for hydroxylation is 1. The van der Waals surface area contributed by atoms with Gasteiger partial charge in [-0.25, -0.2) is 4.79 Å². The fourth-order valence-electron chi connectivity index (χ4n) is 2.69. The first-order chi connectivity index (χ1) is 11.5. The number of nitro groups is 1. The number of hydrogen-bond acceptors (Lipinski definition) is 4. The van der Waals surface area contributed by atoms with Crippen molar-refractivity contribution in [3.63, 3.8) is 0 Å². The Kier molecular flexibility index (Phi) is 4.04. The van der Waals surface area contributed by atoms with Gasteiger partial charge in [0.25, 0.3) is 5.69 Å². The SMILES string of the molecule is CCOC(=O)c1c(-c2ccc([N+](=O)[O-])cc2)[nH]c2ccc(C)cc12. The molecule has 122 valence electrons. The maximum absolute atomic E-state index is 12.4. The summed E-state index contributed by atoms with van der Waals surface area (Å²) in [5.74, 6) is -0.414. The molecule has 0 radical (unpaired) electrons. The fourth-order valence-corrected chi connectivity index (χ4v) is 2.69. The Morgan fingerprint density at radius 1 is 1.21 bits per heavy atom. The number of ether oxygens (including phenoxy) is 1. The van der Waals surface area contributed by atoms with E-state index >= 15 is 0 Å². The summed E-state index contributed by atoms with van der Waals surface area (Å²) in [6.07, 6.45) is 0. The van der Waals surface area contributed by atoms with Crippen LogP contribution in [0.15, 0.2) is 42.5 Å². The Bertz CT molecular complexity index is 926. The largest absolute Gasteiger partial charge is 0.462 e. The summed E-state index contributed by atoms with van der Waals surface area (Å²) in [5.41, 5.74) is 3.59. The quantitative estimate of drug-likeness (QED) is 0.442. The second-order valence-corrected chi connectivity index (χ2v) is 5.45. The molecule has 1 heterocycles. The molecule has 1 N–H and O–H groups in total. The van der Waals surface area contributed by atoms with Crippen molar-refractivity contribution in [1.82, 2.24) is 4.98 Å². The molecule has 2 aromatic carbocycles. The Labute approximate surface area is 138 Å². The van der Waals surface area contributed by atoms with Crippen LogP contribution in [0, 0.1) is 17.0 Å². The molecule has 0 fully saturated rings. The third-order valence-corrected chi connectivity index (χ3v) is 3.80. The number of nitrogens with zero attached hydrogens (tertiary/aromatic N) is 1. The zero-order valence-electron chi connectivity index (χ0n) is 13.3. The molecule has 0 spiro atoms. The molecule has 6 nitrogen and oxygen atoms in total. The van der Waals surface area contributed by atoms with Crippen LogP contribution < -0.4 is 0 Å². The van der Waals surface area contributed by atoms with E-state index < -0.39 is 10.9 Å². The van der Waals surface area contributed by atoms with Crippen molar-refractivity contribution in [3.05, 3.63) is 63.7 Å². The van der Waals surface area contributed by atoms with Crippen LogP contribution in [0.4, 0.5) is 5.69 Å². The maximum Gasteiger partial charge on any atom is 0.340 e. The lowest BCUT2D eigenvalue weighted by Crippen LogP contribution is -2.05. The summed E-state index contributed by atoms with van der Waals surface area (Å²) in [6, 6.07) is 11.9. The number of rotatable bonds is 4. The summed E-state index contributed by atoms with van der Waals surface area (Å²) in [6.45, 7) is 3.98. The molecule has 3 rings (SSSR count). The van der Waals surface area contributed by atoms with E-state index in [1.165, 1.54) is 12.1 Å². The van der Waals surface area contributed by atoms with E-state index in [0.717, 1.165) is 16.5 Å². The van der Waals surface area contributed by atoms with Gasteiger partial charge in [-0.3, -0.25) is 10.1 Å². The Balaban J connectivity index is 2.20. The van der Waals surface area contributed by atoms with Crippen LogP contribution in [0.2, 0.25) is 0 Å². The van der Waals surface area contributed by atoms with Gasteiger partial charge in [0.2, 0.25) is 0 Å². The Hall–Kier alpha value is -3.15. The van der Waals surface area contributed by atoms with Gasteiger partial charge < -0.3 is 9.72 Å². The van der Waals surface area contributed by atoms with Crippen LogP contribution >= 0.6 is 0 Å². The van der Waals surface area contributed by atoms with Crippen molar-refractivity contribution in [2.24, 2.45) is 0 Å². The first-order valence-corrected chi connectivity index (χ1v) is 7.55. The van der Waals surface area contributed by atoms with Crippen molar-refractivity contribution < 1.29 is 14.5 Å². The predicted octanol–water partition coefficient (Wildman–Crippen LogP) is 4.23. The third kappa shape index (κ3) is 2.74. The summed E-state index contributed by atoms with van der Waals surface area (Å²) >= 11 is 0. The van der Waals surface area contributed by atoms with Crippen molar-refractivity contribution in [1.29, 1.82) is 0 Å². The van der Waals surface area contributed by atoms with Crippen molar-refractivity contribution in [2.45, 2.75) is 13.8 Å². The van der Waals surface area contributed by atoms with E-state index in [0.29, 0.717) is 16.8 Å². The molecule has 0 atom stereocenters. The normalized spacial score (nSPS) is 10.8. The van der Waals surface area contributed by atoms with Crippen LogP contribution in [-0.2, 0) is 4.74 Å². The van der Waals surface area contributed by atoms with Gasteiger partial charge in [-0.2, -0.15) is 0 Å². The van der Waals surface area contributed by atoms with Gasteiger partial charge >= 0.3 is 5.97 Å². The molecule has 0 aliphatic carbocycles. The highest BCUT2D eigenvalue weighted by molar-refractivity contribution is 6.10. The standard InChI is InChI=1S/C18H16N2O4/c1-3-24-18(21)16-14-10-11(2)4-9-15(14)19-17(16)12-5-7-13(8-6-12)20(22)23/h4-10,19H,3H2,1-2H3. The fraction of sp³-hybridized carbons (Fsp3) is 0.167. The van der Waals surface area contributed by atoms with Crippen molar-refractivity contribution >= 4 is 22.6 Å². The minimum Gasteiger partial charge on any atom is -0.462 e. The topological polar surface area (TPSA) is 85.2 Å². The second-order valence-electron chi connectivity index (χ2n) is 5.45. The molecule has 6 heteroatoms. The van der Waals surface area contributed by atoms with E-state index in [2.05, 4.69) is 4.98 Å². The molecular formula is C18H16N2O4. The zero-order valence-corrected chi connectivity index (χ0v) is 13.3. The molecular weight excluding hydrogens is 308 g/mol. The molecule has 0 unspecified atom stereocenters. The molecule has 0 saturated heterocycles.